The van der Waals surface area contributed by atoms with Crippen molar-refractivity contribution in [1.29, 1.82) is 0 Å². The summed E-state index contributed by atoms with van der Waals surface area (Å²) in [5, 5.41) is 6.64. The predicted molar refractivity (Wildman–Crippen MR) is 77.3 cm³/mol. The SMILES string of the molecule is Cc1cc(/C(F)=C/c2ccc(CC(C)C)cc2)n[nH]1. The lowest BCUT2D eigenvalue weighted by molar-refractivity contribution is 0.647. The fourth-order valence-electron chi connectivity index (χ4n) is 1.98. The quantitative estimate of drug-likeness (QED) is 0.866. The normalized spacial score (nSPS) is 12.2. The van der Waals surface area contributed by atoms with Crippen molar-refractivity contribution >= 4 is 11.9 Å². The second-order valence-corrected chi connectivity index (χ2v) is 5.27. The molecule has 2 rings (SSSR count). The van der Waals surface area contributed by atoms with E-state index in [2.05, 4.69) is 36.2 Å². The number of nitrogens with one attached hydrogen (secondary N) is 1. The van der Waals surface area contributed by atoms with Crippen LogP contribution in [-0.4, -0.2) is 10.2 Å². The third-order valence-electron chi connectivity index (χ3n) is 2.87. The molecule has 0 unspecified atom stereocenters. The van der Waals surface area contributed by atoms with Gasteiger partial charge in [0.2, 0.25) is 0 Å². The molecule has 1 aromatic heterocycles. The molecule has 1 N–H and O–H groups in total. The van der Waals surface area contributed by atoms with E-state index in [-0.39, 0.29) is 5.83 Å². The molecule has 100 valence electrons. The zero-order valence-corrected chi connectivity index (χ0v) is 11.6. The molecule has 0 saturated carbocycles. The molecule has 0 aliphatic rings. The molecule has 0 amide bonds. The highest BCUT2D eigenvalue weighted by Gasteiger charge is 2.04. The van der Waals surface area contributed by atoms with Crippen LogP contribution in [0.5, 0.6) is 0 Å². The van der Waals surface area contributed by atoms with Crippen LogP contribution >= 0.6 is 0 Å². The van der Waals surface area contributed by atoms with Crippen LogP contribution in [0.15, 0.2) is 30.3 Å². The topological polar surface area (TPSA) is 28.7 Å². The average molecular weight is 258 g/mol. The zero-order chi connectivity index (χ0) is 13.8. The van der Waals surface area contributed by atoms with Gasteiger partial charge in [0.25, 0.3) is 0 Å². The Morgan fingerprint density at radius 3 is 2.53 bits per heavy atom. The van der Waals surface area contributed by atoms with Crippen molar-refractivity contribution in [2.45, 2.75) is 27.2 Å². The zero-order valence-electron chi connectivity index (χ0n) is 11.6. The lowest BCUT2D eigenvalue weighted by Gasteiger charge is -2.04. The van der Waals surface area contributed by atoms with Gasteiger partial charge < -0.3 is 0 Å². The highest BCUT2D eigenvalue weighted by molar-refractivity contribution is 5.75. The van der Waals surface area contributed by atoms with Gasteiger partial charge in [-0.05, 0) is 42.5 Å². The molecule has 0 aliphatic carbocycles. The molecule has 0 saturated heterocycles. The van der Waals surface area contributed by atoms with Crippen molar-refractivity contribution in [3.63, 3.8) is 0 Å². The molecule has 0 fully saturated rings. The summed E-state index contributed by atoms with van der Waals surface area (Å²) in [4.78, 5) is 0. The Balaban J connectivity index is 2.14. The number of nitrogens with zero attached hydrogens (tertiary/aromatic N) is 1. The maximum absolute atomic E-state index is 13.9. The summed E-state index contributed by atoms with van der Waals surface area (Å²) in [6.45, 7) is 6.23. The van der Waals surface area contributed by atoms with Crippen molar-refractivity contribution in [3.05, 3.63) is 52.8 Å². The van der Waals surface area contributed by atoms with Crippen LogP contribution in [0.25, 0.3) is 11.9 Å². The standard InChI is InChI=1S/C16H19FN2/c1-11(2)8-13-4-6-14(7-5-13)10-15(17)16-9-12(3)18-19-16/h4-7,9-11H,8H2,1-3H3,(H,18,19)/b15-10-. The van der Waals surface area contributed by atoms with E-state index in [4.69, 9.17) is 0 Å². The van der Waals surface area contributed by atoms with Gasteiger partial charge in [-0.25, -0.2) is 4.39 Å². The summed E-state index contributed by atoms with van der Waals surface area (Å²) < 4.78 is 13.9. The molecule has 2 nitrogen and oxygen atoms in total. The summed E-state index contributed by atoms with van der Waals surface area (Å²) in [5.74, 6) is 0.311. The summed E-state index contributed by atoms with van der Waals surface area (Å²) in [7, 11) is 0. The number of aryl methyl sites for hydroxylation is 1. The molecule has 0 radical (unpaired) electrons. The van der Waals surface area contributed by atoms with Gasteiger partial charge in [-0.3, -0.25) is 5.10 Å². The Morgan fingerprint density at radius 2 is 2.00 bits per heavy atom. The molecule has 0 aliphatic heterocycles. The third kappa shape index (κ3) is 3.78. The van der Waals surface area contributed by atoms with Gasteiger partial charge in [-0.2, -0.15) is 5.10 Å². The number of aromatic nitrogens is 2. The Hall–Kier alpha value is -1.90. The van der Waals surface area contributed by atoms with Crippen LogP contribution in [0.1, 0.15) is 36.4 Å². The number of benzene rings is 1. The fourth-order valence-corrected chi connectivity index (χ4v) is 1.98. The third-order valence-corrected chi connectivity index (χ3v) is 2.87. The largest absolute Gasteiger partial charge is 0.282 e. The first-order chi connectivity index (χ1) is 9.04. The van der Waals surface area contributed by atoms with E-state index in [0.717, 1.165) is 17.7 Å². The molecule has 1 aromatic carbocycles. The second kappa shape index (κ2) is 5.83. The molecular formula is C16H19FN2. The predicted octanol–water partition coefficient (Wildman–Crippen LogP) is 4.38. The Bertz CT molecular complexity index is 565. The van der Waals surface area contributed by atoms with E-state index in [1.165, 1.54) is 11.6 Å². The van der Waals surface area contributed by atoms with Crippen molar-refractivity contribution in [2.75, 3.05) is 0 Å². The maximum atomic E-state index is 13.9. The number of rotatable bonds is 4. The summed E-state index contributed by atoms with van der Waals surface area (Å²) in [6, 6.07) is 9.68. The molecule has 0 bridgehead atoms. The minimum atomic E-state index is -0.319. The Morgan fingerprint density at radius 1 is 1.32 bits per heavy atom. The number of hydrogen-bond acceptors (Lipinski definition) is 1. The summed E-state index contributed by atoms with van der Waals surface area (Å²) in [6.07, 6.45) is 2.56. The van der Waals surface area contributed by atoms with Gasteiger partial charge in [0.1, 0.15) is 5.69 Å². The molecule has 0 atom stereocenters. The number of aromatic amines is 1. The van der Waals surface area contributed by atoms with E-state index in [0.29, 0.717) is 11.6 Å². The highest BCUT2D eigenvalue weighted by atomic mass is 19.1. The van der Waals surface area contributed by atoms with E-state index in [1.807, 2.05) is 19.1 Å². The summed E-state index contributed by atoms with van der Waals surface area (Å²) >= 11 is 0. The van der Waals surface area contributed by atoms with Crippen molar-refractivity contribution in [3.8, 4) is 0 Å². The van der Waals surface area contributed by atoms with Gasteiger partial charge in [-0.15, -0.1) is 0 Å². The minimum absolute atomic E-state index is 0.319. The van der Waals surface area contributed by atoms with Crippen molar-refractivity contribution in [2.24, 2.45) is 5.92 Å². The van der Waals surface area contributed by atoms with Gasteiger partial charge >= 0.3 is 0 Å². The molecular weight excluding hydrogens is 239 g/mol. The van der Waals surface area contributed by atoms with Gasteiger partial charge in [0.15, 0.2) is 5.83 Å². The monoisotopic (exact) mass is 258 g/mol. The molecule has 2 aromatic rings. The minimum Gasteiger partial charge on any atom is -0.282 e. The molecule has 0 spiro atoms. The first-order valence-electron chi connectivity index (χ1n) is 6.53. The number of hydrogen-bond donors (Lipinski definition) is 1. The van der Waals surface area contributed by atoms with Crippen LogP contribution < -0.4 is 0 Å². The smallest absolute Gasteiger partial charge is 0.151 e. The van der Waals surface area contributed by atoms with Gasteiger partial charge in [-0.1, -0.05) is 38.1 Å². The van der Waals surface area contributed by atoms with Crippen LogP contribution in [0.3, 0.4) is 0 Å². The maximum Gasteiger partial charge on any atom is 0.151 e. The fraction of sp³-hybridized carbons (Fsp3) is 0.312. The lowest BCUT2D eigenvalue weighted by atomic mass is 10.0. The van der Waals surface area contributed by atoms with Gasteiger partial charge in [0.05, 0.1) is 0 Å². The molecule has 3 heteroatoms. The van der Waals surface area contributed by atoms with E-state index in [1.54, 1.807) is 6.07 Å². The molecule has 19 heavy (non-hydrogen) atoms. The molecule has 1 heterocycles. The summed E-state index contributed by atoms with van der Waals surface area (Å²) in [5.41, 5.74) is 3.34. The van der Waals surface area contributed by atoms with Crippen LogP contribution in [0.4, 0.5) is 4.39 Å². The van der Waals surface area contributed by atoms with Crippen LogP contribution in [0.2, 0.25) is 0 Å². The second-order valence-electron chi connectivity index (χ2n) is 5.27. The van der Waals surface area contributed by atoms with E-state index in [9.17, 15) is 4.39 Å². The van der Waals surface area contributed by atoms with Crippen LogP contribution in [0, 0.1) is 12.8 Å². The van der Waals surface area contributed by atoms with Crippen molar-refractivity contribution in [1.82, 2.24) is 10.2 Å². The Labute approximate surface area is 113 Å². The first-order valence-corrected chi connectivity index (χ1v) is 6.53. The first kappa shape index (κ1) is 13.5. The van der Waals surface area contributed by atoms with E-state index >= 15 is 0 Å². The highest BCUT2D eigenvalue weighted by Crippen LogP contribution is 2.19. The number of H-pyrrole nitrogens is 1. The van der Waals surface area contributed by atoms with Gasteiger partial charge in [0, 0.05) is 5.69 Å². The van der Waals surface area contributed by atoms with Crippen molar-refractivity contribution < 1.29 is 4.39 Å². The average Bonchev–Trinajstić information content (AvgIpc) is 2.78. The van der Waals surface area contributed by atoms with Crippen LogP contribution in [-0.2, 0) is 6.42 Å². The lowest BCUT2D eigenvalue weighted by Crippen LogP contribution is -1.93. The van der Waals surface area contributed by atoms with E-state index < -0.39 is 0 Å². The Kier molecular flexibility index (Phi) is 4.15. The number of halogens is 1.